The van der Waals surface area contributed by atoms with E-state index in [2.05, 4.69) is 11.4 Å². The van der Waals surface area contributed by atoms with Crippen molar-refractivity contribution in [2.24, 2.45) is 0 Å². The van der Waals surface area contributed by atoms with Gasteiger partial charge < -0.3 is 14.8 Å². The molecule has 3 rings (SSSR count). The van der Waals surface area contributed by atoms with Gasteiger partial charge in [0.25, 0.3) is 0 Å². The Balaban J connectivity index is 1.91. The smallest absolute Gasteiger partial charge is 0.235 e. The molecule has 1 amide bonds. The molecule has 1 aliphatic rings. The minimum absolute atomic E-state index is 0.178. The van der Waals surface area contributed by atoms with Gasteiger partial charge in [0.1, 0.15) is 11.8 Å². The van der Waals surface area contributed by atoms with Gasteiger partial charge in [0.2, 0.25) is 5.91 Å². The number of nitrogens with one attached hydrogen (secondary N) is 1. The third-order valence-electron chi connectivity index (χ3n) is 5.00. The zero-order valence-electron chi connectivity index (χ0n) is 15.8. The van der Waals surface area contributed by atoms with Crippen LogP contribution in [0.5, 0.6) is 5.75 Å². The molecule has 0 spiro atoms. The Morgan fingerprint density at radius 1 is 1.29 bits per heavy atom. The van der Waals surface area contributed by atoms with Crippen molar-refractivity contribution in [1.82, 2.24) is 0 Å². The molecular formula is C22H23ClN2O3. The van der Waals surface area contributed by atoms with Crippen molar-refractivity contribution >= 4 is 23.2 Å². The van der Waals surface area contributed by atoms with E-state index in [1.54, 1.807) is 24.3 Å². The van der Waals surface area contributed by atoms with E-state index in [4.69, 9.17) is 21.1 Å². The van der Waals surface area contributed by atoms with Gasteiger partial charge in [-0.05, 0) is 49.1 Å². The summed E-state index contributed by atoms with van der Waals surface area (Å²) in [4.78, 5) is 13.4. The maximum Gasteiger partial charge on any atom is 0.235 e. The first kappa shape index (κ1) is 20.2. The molecule has 0 saturated carbocycles. The van der Waals surface area contributed by atoms with Gasteiger partial charge in [-0.25, -0.2) is 0 Å². The molecule has 0 atom stereocenters. The fourth-order valence-electron chi connectivity index (χ4n) is 3.46. The lowest BCUT2D eigenvalue weighted by Crippen LogP contribution is -2.45. The second-order valence-electron chi connectivity index (χ2n) is 6.80. The Morgan fingerprint density at radius 2 is 2.04 bits per heavy atom. The van der Waals surface area contributed by atoms with Crippen molar-refractivity contribution in [3.05, 3.63) is 58.6 Å². The topological polar surface area (TPSA) is 71.3 Å². The minimum atomic E-state index is -0.791. The lowest BCUT2D eigenvalue weighted by molar-refractivity contribution is -0.125. The van der Waals surface area contributed by atoms with Crippen molar-refractivity contribution in [3.8, 4) is 11.8 Å². The largest absolute Gasteiger partial charge is 0.494 e. The third-order valence-corrected chi connectivity index (χ3v) is 5.33. The van der Waals surface area contributed by atoms with E-state index in [1.807, 2.05) is 25.1 Å². The molecule has 2 aromatic carbocycles. The van der Waals surface area contributed by atoms with Crippen LogP contribution in [0.15, 0.2) is 42.5 Å². The predicted molar refractivity (Wildman–Crippen MR) is 109 cm³/mol. The summed E-state index contributed by atoms with van der Waals surface area (Å²) in [5.74, 6) is 0.436. The van der Waals surface area contributed by atoms with Crippen molar-refractivity contribution in [2.75, 3.05) is 25.1 Å². The van der Waals surface area contributed by atoms with Crippen LogP contribution >= 0.6 is 11.6 Å². The number of benzene rings is 2. The normalized spacial score (nSPS) is 15.5. The van der Waals surface area contributed by atoms with Crippen molar-refractivity contribution in [1.29, 1.82) is 5.26 Å². The van der Waals surface area contributed by atoms with Crippen molar-refractivity contribution in [3.63, 3.8) is 0 Å². The molecule has 0 bridgehead atoms. The number of halogens is 1. The molecule has 2 aromatic rings. The third kappa shape index (κ3) is 4.14. The lowest BCUT2D eigenvalue weighted by atomic mass is 9.73. The fourth-order valence-corrected chi connectivity index (χ4v) is 3.78. The van der Waals surface area contributed by atoms with Crippen LogP contribution in [0.3, 0.4) is 0 Å². The van der Waals surface area contributed by atoms with E-state index in [0.717, 1.165) is 12.0 Å². The molecule has 1 aliphatic heterocycles. The average molecular weight is 399 g/mol. The Hall–Kier alpha value is -2.55. The quantitative estimate of drug-likeness (QED) is 0.766. The summed E-state index contributed by atoms with van der Waals surface area (Å²) in [6.45, 7) is 3.55. The number of hydrogen-bond donors (Lipinski definition) is 1. The highest BCUT2D eigenvalue weighted by atomic mass is 35.5. The average Bonchev–Trinajstić information content (AvgIpc) is 2.73. The number of rotatable bonds is 6. The van der Waals surface area contributed by atoms with Crippen LogP contribution in [0.1, 0.15) is 37.3 Å². The van der Waals surface area contributed by atoms with Crippen LogP contribution in [0, 0.1) is 11.3 Å². The first-order chi connectivity index (χ1) is 13.6. The molecule has 0 radical (unpaired) electrons. The molecule has 6 heteroatoms. The molecule has 5 nitrogen and oxygen atoms in total. The molecule has 1 saturated heterocycles. The maximum absolute atomic E-state index is 13.4. The van der Waals surface area contributed by atoms with E-state index in [9.17, 15) is 10.1 Å². The molecular weight excluding hydrogens is 376 g/mol. The van der Waals surface area contributed by atoms with Crippen LogP contribution in [-0.2, 0) is 14.9 Å². The summed E-state index contributed by atoms with van der Waals surface area (Å²) in [6.07, 6.45) is 1.94. The minimum Gasteiger partial charge on any atom is -0.494 e. The number of carbonyl (C=O) groups is 1. The van der Waals surface area contributed by atoms with Gasteiger partial charge in [-0.1, -0.05) is 36.7 Å². The highest BCUT2D eigenvalue weighted by Crippen LogP contribution is 2.40. The number of ether oxygens (including phenoxy) is 2. The van der Waals surface area contributed by atoms with Gasteiger partial charge >= 0.3 is 0 Å². The standard InChI is InChI=1S/C22H23ClN2O3/c1-2-11-28-17-7-8-20(16(14-17)15-24)25-21(26)22(9-12-27-13-10-22)18-5-3-4-6-19(18)23/h3-8,14H,2,9-13H2,1H3,(H,25,26). The van der Waals surface area contributed by atoms with E-state index in [1.165, 1.54) is 0 Å². The SMILES string of the molecule is CCCOc1ccc(NC(=O)C2(c3ccccc3Cl)CCOCC2)c(C#N)c1. The molecule has 0 aromatic heterocycles. The molecule has 146 valence electrons. The number of carbonyl (C=O) groups excluding carboxylic acids is 1. The van der Waals surface area contributed by atoms with Crippen LogP contribution in [0.2, 0.25) is 5.02 Å². The molecule has 1 N–H and O–H groups in total. The van der Waals surface area contributed by atoms with Gasteiger partial charge in [0.05, 0.1) is 23.3 Å². The van der Waals surface area contributed by atoms with E-state index < -0.39 is 5.41 Å². The Kier molecular flexibility index (Phi) is 6.56. The Morgan fingerprint density at radius 3 is 2.71 bits per heavy atom. The van der Waals surface area contributed by atoms with E-state index in [-0.39, 0.29) is 5.91 Å². The van der Waals surface area contributed by atoms with Crippen molar-refractivity contribution in [2.45, 2.75) is 31.6 Å². The van der Waals surface area contributed by atoms with Crippen molar-refractivity contribution < 1.29 is 14.3 Å². The zero-order chi connectivity index (χ0) is 20.0. The Labute approximate surface area is 170 Å². The van der Waals surface area contributed by atoms with Gasteiger partial charge in [-0.15, -0.1) is 0 Å². The molecule has 1 fully saturated rings. The number of anilines is 1. The number of amides is 1. The summed E-state index contributed by atoms with van der Waals surface area (Å²) in [6, 6.07) is 14.7. The molecule has 0 aliphatic carbocycles. The summed E-state index contributed by atoms with van der Waals surface area (Å²) < 4.78 is 11.1. The van der Waals surface area contributed by atoms with Gasteiger partial charge in [-0.3, -0.25) is 4.79 Å². The molecule has 1 heterocycles. The number of nitrogens with zero attached hydrogens (tertiary/aromatic N) is 1. The van der Waals surface area contributed by atoms with E-state index >= 15 is 0 Å². The summed E-state index contributed by atoms with van der Waals surface area (Å²) in [5.41, 5.74) is 0.831. The zero-order valence-corrected chi connectivity index (χ0v) is 16.6. The van der Waals surface area contributed by atoms with E-state index in [0.29, 0.717) is 54.7 Å². The Bertz CT molecular complexity index is 886. The molecule has 28 heavy (non-hydrogen) atoms. The second-order valence-corrected chi connectivity index (χ2v) is 7.20. The predicted octanol–water partition coefficient (Wildman–Crippen LogP) is 4.69. The fraction of sp³-hybridized carbons (Fsp3) is 0.364. The summed E-state index contributed by atoms with van der Waals surface area (Å²) >= 11 is 6.43. The first-order valence-corrected chi connectivity index (χ1v) is 9.79. The monoisotopic (exact) mass is 398 g/mol. The van der Waals surface area contributed by atoms with Gasteiger partial charge in [0, 0.05) is 18.2 Å². The van der Waals surface area contributed by atoms with Crippen LogP contribution in [-0.4, -0.2) is 25.7 Å². The van der Waals surface area contributed by atoms with Gasteiger partial charge in [-0.2, -0.15) is 5.26 Å². The lowest BCUT2D eigenvalue weighted by Gasteiger charge is -2.36. The van der Waals surface area contributed by atoms with Crippen LogP contribution < -0.4 is 10.1 Å². The summed E-state index contributed by atoms with van der Waals surface area (Å²) in [5, 5.41) is 13.0. The maximum atomic E-state index is 13.4. The molecule has 0 unspecified atom stereocenters. The summed E-state index contributed by atoms with van der Waals surface area (Å²) in [7, 11) is 0. The number of hydrogen-bond acceptors (Lipinski definition) is 4. The first-order valence-electron chi connectivity index (χ1n) is 9.42. The second kappa shape index (κ2) is 9.09. The number of nitriles is 1. The van der Waals surface area contributed by atoms with Crippen LogP contribution in [0.4, 0.5) is 5.69 Å². The highest BCUT2D eigenvalue weighted by Gasteiger charge is 2.43. The van der Waals surface area contributed by atoms with Crippen LogP contribution in [0.25, 0.3) is 0 Å². The highest BCUT2D eigenvalue weighted by molar-refractivity contribution is 6.31. The van der Waals surface area contributed by atoms with Gasteiger partial charge in [0.15, 0.2) is 0 Å².